The number of nitrogens with zero attached hydrogens (tertiary/aromatic N) is 3. The van der Waals surface area contributed by atoms with E-state index >= 15 is 0 Å². The van der Waals surface area contributed by atoms with Crippen LogP contribution in [0.25, 0.3) is 0 Å². The summed E-state index contributed by atoms with van der Waals surface area (Å²) < 4.78 is 0. The van der Waals surface area contributed by atoms with Crippen LogP contribution in [-0.4, -0.2) is 66.5 Å². The first-order valence-electron chi connectivity index (χ1n) is 7.92. The Bertz CT molecular complexity index is 424. The minimum Gasteiger partial charge on any atom is -0.352 e. The molecule has 1 aliphatic heterocycles. The zero-order valence-electron chi connectivity index (χ0n) is 12.9. The van der Waals surface area contributed by atoms with Gasteiger partial charge in [0.2, 0.25) is 0 Å². The highest BCUT2D eigenvalue weighted by molar-refractivity contribution is 5.93. The van der Waals surface area contributed by atoms with Gasteiger partial charge in [-0.25, -0.2) is 0 Å². The van der Waals surface area contributed by atoms with Gasteiger partial charge in [-0.15, -0.1) is 0 Å². The van der Waals surface area contributed by atoms with Crippen LogP contribution in [0.5, 0.6) is 0 Å². The fourth-order valence-corrected chi connectivity index (χ4v) is 2.67. The molecule has 5 heteroatoms. The van der Waals surface area contributed by atoms with Crippen molar-refractivity contribution in [1.29, 1.82) is 0 Å². The summed E-state index contributed by atoms with van der Waals surface area (Å²) in [6.45, 7) is 9.87. The third-order valence-electron chi connectivity index (χ3n) is 4.01. The molecule has 2 heterocycles. The summed E-state index contributed by atoms with van der Waals surface area (Å²) in [5, 5.41) is 2.97. The normalized spacial score (nSPS) is 17.4. The lowest BCUT2D eigenvalue weighted by molar-refractivity contribution is 0.0951. The average Bonchev–Trinajstić information content (AvgIpc) is 2.77. The van der Waals surface area contributed by atoms with Gasteiger partial charge >= 0.3 is 0 Å². The first-order valence-corrected chi connectivity index (χ1v) is 7.92. The van der Waals surface area contributed by atoms with E-state index in [1.807, 2.05) is 0 Å². The summed E-state index contributed by atoms with van der Waals surface area (Å²) in [5.74, 6) is -0.00887. The van der Waals surface area contributed by atoms with E-state index in [1.54, 1.807) is 24.5 Å². The lowest BCUT2D eigenvalue weighted by atomic mass is 10.2. The second-order valence-corrected chi connectivity index (χ2v) is 5.47. The van der Waals surface area contributed by atoms with Crippen LogP contribution in [0.3, 0.4) is 0 Å². The minimum atomic E-state index is -0.00887. The number of aromatic nitrogens is 1. The second kappa shape index (κ2) is 8.74. The molecule has 1 aliphatic rings. The van der Waals surface area contributed by atoms with Gasteiger partial charge in [0.1, 0.15) is 0 Å². The molecule has 1 saturated heterocycles. The Morgan fingerprint density at radius 1 is 1.19 bits per heavy atom. The van der Waals surface area contributed by atoms with Gasteiger partial charge in [0.05, 0.1) is 0 Å². The largest absolute Gasteiger partial charge is 0.352 e. The van der Waals surface area contributed by atoms with Gasteiger partial charge in [-0.2, -0.15) is 0 Å². The molecule has 0 atom stereocenters. The molecule has 1 fully saturated rings. The van der Waals surface area contributed by atoms with E-state index in [9.17, 15) is 4.79 Å². The van der Waals surface area contributed by atoms with Gasteiger partial charge in [-0.1, -0.05) is 6.92 Å². The molecule has 0 saturated carbocycles. The second-order valence-electron chi connectivity index (χ2n) is 5.47. The molecule has 0 aromatic carbocycles. The van der Waals surface area contributed by atoms with Gasteiger partial charge in [-0.05, 0) is 51.2 Å². The fourth-order valence-electron chi connectivity index (χ4n) is 2.67. The van der Waals surface area contributed by atoms with E-state index in [2.05, 4.69) is 27.0 Å². The van der Waals surface area contributed by atoms with Crippen molar-refractivity contribution in [2.45, 2.75) is 19.8 Å². The molecule has 0 aliphatic carbocycles. The van der Waals surface area contributed by atoms with Crippen LogP contribution in [0.2, 0.25) is 0 Å². The van der Waals surface area contributed by atoms with Gasteiger partial charge in [0.25, 0.3) is 5.91 Å². The number of pyridine rings is 1. The molecular weight excluding hydrogens is 264 g/mol. The summed E-state index contributed by atoms with van der Waals surface area (Å²) in [7, 11) is 0. The van der Waals surface area contributed by atoms with Gasteiger partial charge in [0.15, 0.2) is 0 Å². The van der Waals surface area contributed by atoms with Crippen molar-refractivity contribution >= 4 is 5.91 Å². The smallest absolute Gasteiger partial charge is 0.251 e. The van der Waals surface area contributed by atoms with Crippen LogP contribution in [0.4, 0.5) is 0 Å². The van der Waals surface area contributed by atoms with Crippen molar-refractivity contribution in [3.05, 3.63) is 30.1 Å². The standard InChI is InChI=1S/C16H26N4O/c1-2-19-11-4-12-20(14-13-19)10-3-7-18-16(21)15-5-8-17-9-6-15/h5-6,8-9H,2-4,7,10-14H2,1H3,(H,18,21). The van der Waals surface area contributed by atoms with Crippen LogP contribution in [0.1, 0.15) is 30.1 Å². The predicted molar refractivity (Wildman–Crippen MR) is 84.4 cm³/mol. The summed E-state index contributed by atoms with van der Waals surface area (Å²) in [6.07, 6.45) is 5.54. The predicted octanol–water partition coefficient (Wildman–Crippen LogP) is 1.23. The summed E-state index contributed by atoms with van der Waals surface area (Å²) in [4.78, 5) is 20.8. The maximum Gasteiger partial charge on any atom is 0.251 e. The van der Waals surface area contributed by atoms with Crippen molar-refractivity contribution < 1.29 is 4.79 Å². The summed E-state index contributed by atoms with van der Waals surface area (Å²) in [6, 6.07) is 3.48. The molecule has 116 valence electrons. The quantitative estimate of drug-likeness (QED) is 0.801. The molecule has 1 aromatic heterocycles. The Labute approximate surface area is 127 Å². The number of hydrogen-bond acceptors (Lipinski definition) is 4. The van der Waals surface area contributed by atoms with Crippen LogP contribution >= 0.6 is 0 Å². The average molecular weight is 290 g/mol. The molecular formula is C16H26N4O. The number of hydrogen-bond donors (Lipinski definition) is 1. The first-order chi connectivity index (χ1) is 10.3. The molecule has 2 rings (SSSR count). The molecule has 21 heavy (non-hydrogen) atoms. The number of carbonyl (C=O) groups is 1. The Kier molecular flexibility index (Phi) is 6.63. The summed E-state index contributed by atoms with van der Waals surface area (Å²) >= 11 is 0. The van der Waals surface area contributed by atoms with E-state index in [-0.39, 0.29) is 5.91 Å². The first kappa shape index (κ1) is 15.9. The molecule has 0 radical (unpaired) electrons. The van der Waals surface area contributed by atoms with Crippen molar-refractivity contribution in [2.75, 3.05) is 45.8 Å². The highest BCUT2D eigenvalue weighted by Gasteiger charge is 2.13. The van der Waals surface area contributed by atoms with Gasteiger partial charge in [-0.3, -0.25) is 9.78 Å². The fraction of sp³-hybridized carbons (Fsp3) is 0.625. The number of likely N-dealkylation sites (N-methyl/N-ethyl adjacent to an activating group) is 1. The highest BCUT2D eigenvalue weighted by Crippen LogP contribution is 2.03. The molecule has 0 bridgehead atoms. The summed E-state index contributed by atoms with van der Waals surface area (Å²) in [5.41, 5.74) is 0.679. The number of nitrogens with one attached hydrogen (secondary N) is 1. The van der Waals surface area contributed by atoms with Crippen LogP contribution in [0, 0.1) is 0 Å². The van der Waals surface area contributed by atoms with Crippen molar-refractivity contribution in [3.63, 3.8) is 0 Å². The zero-order chi connectivity index (χ0) is 14.9. The van der Waals surface area contributed by atoms with E-state index in [0.717, 1.165) is 32.6 Å². The minimum absolute atomic E-state index is 0.00887. The Hall–Kier alpha value is -1.46. The Morgan fingerprint density at radius 2 is 1.90 bits per heavy atom. The topological polar surface area (TPSA) is 48.5 Å². The SMILES string of the molecule is CCN1CCCN(CCCNC(=O)c2ccncc2)CC1. The van der Waals surface area contributed by atoms with E-state index in [4.69, 9.17) is 0 Å². The Balaban J connectivity index is 1.62. The highest BCUT2D eigenvalue weighted by atomic mass is 16.1. The molecule has 1 N–H and O–H groups in total. The molecule has 5 nitrogen and oxygen atoms in total. The molecule has 0 spiro atoms. The van der Waals surface area contributed by atoms with Crippen molar-refractivity contribution in [2.24, 2.45) is 0 Å². The number of amides is 1. The van der Waals surface area contributed by atoms with Gasteiger partial charge < -0.3 is 15.1 Å². The monoisotopic (exact) mass is 290 g/mol. The van der Waals surface area contributed by atoms with Gasteiger partial charge in [0, 0.05) is 37.6 Å². The third kappa shape index (κ3) is 5.44. The molecule has 1 amide bonds. The Morgan fingerprint density at radius 3 is 2.67 bits per heavy atom. The van der Waals surface area contributed by atoms with Crippen LogP contribution in [-0.2, 0) is 0 Å². The van der Waals surface area contributed by atoms with E-state index in [0.29, 0.717) is 5.56 Å². The maximum absolute atomic E-state index is 11.9. The number of rotatable bonds is 6. The van der Waals surface area contributed by atoms with Crippen molar-refractivity contribution in [1.82, 2.24) is 20.1 Å². The molecule has 0 unspecified atom stereocenters. The zero-order valence-corrected chi connectivity index (χ0v) is 12.9. The van der Waals surface area contributed by atoms with E-state index < -0.39 is 0 Å². The third-order valence-corrected chi connectivity index (χ3v) is 4.01. The maximum atomic E-state index is 11.9. The molecule has 1 aromatic rings. The lowest BCUT2D eigenvalue weighted by Gasteiger charge is -2.20. The van der Waals surface area contributed by atoms with E-state index in [1.165, 1.54) is 26.1 Å². The lowest BCUT2D eigenvalue weighted by Crippen LogP contribution is -2.33. The van der Waals surface area contributed by atoms with Crippen molar-refractivity contribution in [3.8, 4) is 0 Å². The number of carbonyl (C=O) groups excluding carboxylic acids is 1. The van der Waals surface area contributed by atoms with Crippen LogP contribution in [0.15, 0.2) is 24.5 Å². The van der Waals surface area contributed by atoms with Crippen LogP contribution < -0.4 is 5.32 Å².